The fourth-order valence-electron chi connectivity index (χ4n) is 3.37. The average molecular weight is 715 g/mol. The number of hydrogen-bond donors (Lipinski definition) is 4. The van der Waals surface area contributed by atoms with E-state index in [1.165, 1.54) is 0 Å². The zero-order chi connectivity index (χ0) is 35.3. The summed E-state index contributed by atoms with van der Waals surface area (Å²) in [5.41, 5.74) is 11.5. The van der Waals surface area contributed by atoms with Gasteiger partial charge in [0.1, 0.15) is 13.5 Å². The minimum absolute atomic E-state index is 0.00587. The molecule has 0 aromatic carbocycles. The van der Waals surface area contributed by atoms with Gasteiger partial charge < -0.3 is 78.5 Å². The largest absolute Gasteiger partial charge is 0.394 e. The number of rotatable bonds is 39. The number of aliphatic hydroxyl groups excluding tert-OH is 2. The molecule has 6 N–H and O–H groups in total. The van der Waals surface area contributed by atoms with Gasteiger partial charge in [-0.1, -0.05) is 0 Å². The van der Waals surface area contributed by atoms with Gasteiger partial charge in [0, 0.05) is 0 Å². The van der Waals surface area contributed by atoms with Gasteiger partial charge in [0.15, 0.2) is 0 Å². The van der Waals surface area contributed by atoms with Crippen LogP contribution in [0, 0.1) is 0 Å². The van der Waals surface area contributed by atoms with Gasteiger partial charge in [-0.05, 0) is 0 Å². The molecule has 0 saturated carbocycles. The second-order valence-electron chi connectivity index (χ2n) is 9.54. The van der Waals surface area contributed by atoms with E-state index < -0.39 is 0 Å². The zero-order valence-electron chi connectivity index (χ0n) is 28.6. The summed E-state index contributed by atoms with van der Waals surface area (Å²) in [4.78, 5) is 13.7. The van der Waals surface area contributed by atoms with Crippen LogP contribution < -0.4 is 16.4 Å². The Balaban J connectivity index is 2.03. The van der Waals surface area contributed by atoms with E-state index in [2.05, 4.69) is 15.0 Å². The Bertz CT molecular complexity index is 781. The Morgan fingerprint density at radius 2 is 0.571 bits per heavy atom. The molecule has 1 heterocycles. The molecular formula is C29H58N6O14. The maximum Gasteiger partial charge on any atom is 0.235 e. The van der Waals surface area contributed by atoms with E-state index in [1.807, 2.05) is 0 Å². The molecule has 1 rings (SSSR count). The van der Waals surface area contributed by atoms with Crippen molar-refractivity contribution in [1.29, 1.82) is 0 Å². The molecule has 0 radical (unpaired) electrons. The predicted octanol–water partition coefficient (Wildman–Crippen LogP) is -2.06. The number of anilines is 3. The lowest BCUT2D eigenvalue weighted by molar-refractivity contribution is -0.0216. The molecule has 49 heavy (non-hydrogen) atoms. The lowest BCUT2D eigenvalue weighted by atomic mass is 10.6. The van der Waals surface area contributed by atoms with E-state index in [0.29, 0.717) is 145 Å². The first kappa shape index (κ1) is 44.9. The van der Waals surface area contributed by atoms with E-state index in [9.17, 15) is 0 Å². The van der Waals surface area contributed by atoms with E-state index in [1.54, 1.807) is 4.90 Å². The fourth-order valence-corrected chi connectivity index (χ4v) is 3.37. The third-order valence-electron chi connectivity index (χ3n) is 5.63. The van der Waals surface area contributed by atoms with Crippen LogP contribution in [-0.4, -0.2) is 197 Å². The van der Waals surface area contributed by atoms with Crippen molar-refractivity contribution in [2.24, 2.45) is 0 Å². The highest BCUT2D eigenvalue weighted by Gasteiger charge is 2.13. The smallest absolute Gasteiger partial charge is 0.235 e. The molecule has 0 aliphatic carbocycles. The molecule has 20 heteroatoms. The topological polar surface area (TPSA) is 245 Å². The van der Waals surface area contributed by atoms with E-state index in [-0.39, 0.29) is 44.5 Å². The average Bonchev–Trinajstić information content (AvgIpc) is 3.09. The molecule has 0 fully saturated rings. The van der Waals surface area contributed by atoms with Gasteiger partial charge in [-0.15, -0.1) is 0 Å². The van der Waals surface area contributed by atoms with Gasteiger partial charge in [0.2, 0.25) is 17.8 Å². The summed E-state index contributed by atoms with van der Waals surface area (Å²) >= 11 is 0. The Morgan fingerprint density at radius 1 is 0.347 bits per heavy atom. The summed E-state index contributed by atoms with van der Waals surface area (Å²) in [5.74, 6) is 0.185. The highest BCUT2D eigenvalue weighted by molar-refractivity contribution is 5.38. The molecule has 1 aromatic heterocycles. The van der Waals surface area contributed by atoms with E-state index in [4.69, 9.17) is 78.5 Å². The minimum Gasteiger partial charge on any atom is -0.394 e. The molecule has 0 unspecified atom stereocenters. The van der Waals surface area contributed by atoms with Crippen molar-refractivity contribution in [3.8, 4) is 0 Å². The summed E-state index contributed by atoms with van der Waals surface area (Å²) in [6.45, 7) is 9.33. The first-order valence-electron chi connectivity index (χ1n) is 16.3. The molecule has 1 aromatic rings. The minimum atomic E-state index is -0.0163. The van der Waals surface area contributed by atoms with Crippen molar-refractivity contribution in [3.05, 3.63) is 0 Å². The molecule has 0 atom stereocenters. The van der Waals surface area contributed by atoms with Crippen LogP contribution >= 0.6 is 0 Å². The second-order valence-corrected chi connectivity index (χ2v) is 9.54. The standard InChI is InChI=1S/C29H58N6O14/c30-27-32-28(31)34-29(33-27)35(25-48-23-21-46-19-17-44-15-13-42-11-9-40-7-5-38-3-1-36)26-49-24-22-47-20-18-45-16-14-43-12-10-41-8-6-39-4-2-37/h36-37H,1-26H2,(H4,30,31,32,33,34). The van der Waals surface area contributed by atoms with Crippen molar-refractivity contribution < 1.29 is 67.1 Å². The molecule has 0 spiro atoms. The predicted molar refractivity (Wildman–Crippen MR) is 175 cm³/mol. The van der Waals surface area contributed by atoms with Crippen molar-refractivity contribution in [1.82, 2.24) is 15.0 Å². The fraction of sp³-hybridized carbons (Fsp3) is 0.897. The Kier molecular flexibility index (Phi) is 32.7. The quantitative estimate of drug-likeness (QED) is 0.0423. The number of aliphatic hydroxyl groups is 2. The highest BCUT2D eigenvalue weighted by Crippen LogP contribution is 2.10. The van der Waals surface area contributed by atoms with Gasteiger partial charge in [0.25, 0.3) is 0 Å². The molecule has 20 nitrogen and oxygen atoms in total. The van der Waals surface area contributed by atoms with Crippen molar-refractivity contribution in [2.45, 2.75) is 0 Å². The van der Waals surface area contributed by atoms with E-state index >= 15 is 0 Å². The monoisotopic (exact) mass is 714 g/mol. The van der Waals surface area contributed by atoms with Crippen LogP contribution in [-0.2, 0) is 56.8 Å². The Morgan fingerprint density at radius 3 is 0.816 bits per heavy atom. The van der Waals surface area contributed by atoms with Gasteiger partial charge in [-0.3, -0.25) is 4.90 Å². The molecular weight excluding hydrogens is 656 g/mol. The number of ether oxygens (including phenoxy) is 12. The third-order valence-corrected chi connectivity index (χ3v) is 5.63. The van der Waals surface area contributed by atoms with Crippen LogP contribution in [0.1, 0.15) is 0 Å². The molecule has 0 aliphatic heterocycles. The van der Waals surface area contributed by atoms with Crippen LogP contribution in [0.2, 0.25) is 0 Å². The molecule has 0 aliphatic rings. The highest BCUT2D eigenvalue weighted by atomic mass is 16.6. The summed E-state index contributed by atoms with van der Waals surface area (Å²) in [7, 11) is 0. The maximum absolute atomic E-state index is 8.61. The number of nitrogens with two attached hydrogens (primary N) is 2. The number of nitrogen functional groups attached to an aromatic ring is 2. The van der Waals surface area contributed by atoms with Crippen LogP contribution in [0.4, 0.5) is 17.8 Å². The van der Waals surface area contributed by atoms with Crippen LogP contribution in [0.25, 0.3) is 0 Å². The molecule has 288 valence electrons. The molecule has 0 bridgehead atoms. The zero-order valence-corrected chi connectivity index (χ0v) is 28.6. The SMILES string of the molecule is Nc1nc(N)nc(N(COCCOCCOCCOCCOCCOCCO)COCCOCCOCCOCCOCCOCCO)n1. The summed E-state index contributed by atoms with van der Waals surface area (Å²) in [6, 6.07) is 0. The normalized spacial score (nSPS) is 11.5. The number of hydrogen-bond acceptors (Lipinski definition) is 20. The van der Waals surface area contributed by atoms with Gasteiger partial charge in [-0.25, -0.2) is 0 Å². The van der Waals surface area contributed by atoms with Crippen molar-refractivity contribution >= 4 is 17.8 Å². The third kappa shape index (κ3) is 30.4. The van der Waals surface area contributed by atoms with Crippen LogP contribution in [0.3, 0.4) is 0 Å². The van der Waals surface area contributed by atoms with Crippen molar-refractivity contribution in [3.63, 3.8) is 0 Å². The van der Waals surface area contributed by atoms with Gasteiger partial charge >= 0.3 is 0 Å². The number of aromatic nitrogens is 3. The Labute approximate surface area is 288 Å². The van der Waals surface area contributed by atoms with Gasteiger partial charge in [0.05, 0.1) is 159 Å². The summed E-state index contributed by atoms with van der Waals surface area (Å²) in [5, 5.41) is 17.2. The lowest BCUT2D eigenvalue weighted by Gasteiger charge is -2.22. The maximum atomic E-state index is 8.61. The first-order valence-corrected chi connectivity index (χ1v) is 16.3. The first-order chi connectivity index (χ1) is 24.2. The Hall–Kier alpha value is -2.15. The second kappa shape index (κ2) is 35.7. The lowest BCUT2D eigenvalue weighted by Crippen LogP contribution is -2.32. The molecule has 0 amide bonds. The summed E-state index contributed by atoms with van der Waals surface area (Å²) < 4.78 is 65.1. The summed E-state index contributed by atoms with van der Waals surface area (Å²) in [6.07, 6.45) is 0. The van der Waals surface area contributed by atoms with Gasteiger partial charge in [-0.2, -0.15) is 15.0 Å². The molecule has 0 saturated heterocycles. The van der Waals surface area contributed by atoms with Crippen LogP contribution in [0.5, 0.6) is 0 Å². The number of nitrogens with zero attached hydrogens (tertiary/aromatic N) is 4. The van der Waals surface area contributed by atoms with E-state index in [0.717, 1.165) is 0 Å². The van der Waals surface area contributed by atoms with Crippen LogP contribution in [0.15, 0.2) is 0 Å². The van der Waals surface area contributed by atoms with Crippen molar-refractivity contribution in [2.75, 3.05) is 188 Å².